The highest BCUT2D eigenvalue weighted by atomic mass is 35.5. The molecule has 2 aromatic heterocycles. The highest BCUT2D eigenvalue weighted by Crippen LogP contribution is 2.33. The van der Waals surface area contributed by atoms with Crippen LogP contribution in [0.15, 0.2) is 48.8 Å². The van der Waals surface area contributed by atoms with Crippen molar-refractivity contribution in [3.05, 3.63) is 64.9 Å². The highest BCUT2D eigenvalue weighted by molar-refractivity contribution is 7.91. The first-order valence-corrected chi connectivity index (χ1v) is 13.2. The fourth-order valence-corrected chi connectivity index (χ4v) is 4.21. The van der Waals surface area contributed by atoms with Crippen LogP contribution >= 0.6 is 23.2 Å². The van der Waals surface area contributed by atoms with E-state index < -0.39 is 10.0 Å². The third-order valence-corrected chi connectivity index (χ3v) is 5.97. The number of alkyl halides is 1. The minimum Gasteiger partial charge on any atom is -0.489 e. The summed E-state index contributed by atoms with van der Waals surface area (Å²) >= 11 is 12.1. The number of ether oxygens (including phenoxy) is 2. The Kier molecular flexibility index (Phi) is 7.40. The number of aromatic nitrogens is 3. The van der Waals surface area contributed by atoms with Crippen LogP contribution in [0.25, 0.3) is 16.6 Å². The first-order valence-electron chi connectivity index (χ1n) is 10.4. The van der Waals surface area contributed by atoms with Crippen LogP contribution in [0.3, 0.4) is 0 Å². The van der Waals surface area contributed by atoms with Crippen LogP contribution in [-0.2, 0) is 16.6 Å². The summed E-state index contributed by atoms with van der Waals surface area (Å²) < 4.78 is 38.1. The average molecular weight is 547 g/mol. The lowest BCUT2D eigenvalue weighted by Crippen LogP contribution is -2.14. The number of nitrogens with two attached hydrogens (primary N) is 1. The van der Waals surface area contributed by atoms with E-state index in [-0.39, 0.29) is 30.9 Å². The molecule has 0 aliphatic carbocycles. The molecule has 0 aliphatic rings. The van der Waals surface area contributed by atoms with Gasteiger partial charge in [0.1, 0.15) is 30.9 Å². The van der Waals surface area contributed by atoms with E-state index in [1.807, 2.05) is 29.0 Å². The van der Waals surface area contributed by atoms with E-state index in [1.165, 1.54) is 6.20 Å². The van der Waals surface area contributed by atoms with Gasteiger partial charge in [-0.15, -0.1) is 11.6 Å². The standard InChI is InChI=1S/C23H20Cl2N6O4S/c1-36(32,33)30-23-28-12-16(22(27)29-23)13-35-18-2-3-20-14(9-18)4-6-31(20)17-8-15(11-26)21(19(25)10-17)34-7-5-24/h2-4,6,8-10,12H,5,7,13H2,1H3,(H3,27,28,29,30). The average Bonchev–Trinajstić information content (AvgIpc) is 3.24. The molecule has 0 atom stereocenters. The molecule has 10 nitrogen and oxygen atoms in total. The Morgan fingerprint density at radius 1 is 1.22 bits per heavy atom. The number of nitrogen functional groups attached to an aromatic ring is 1. The van der Waals surface area contributed by atoms with Crippen LogP contribution in [0.5, 0.6) is 11.5 Å². The topological polar surface area (TPSA) is 145 Å². The molecule has 0 aliphatic heterocycles. The molecule has 0 amide bonds. The molecule has 0 saturated carbocycles. The number of nitrogens with zero attached hydrogens (tertiary/aromatic N) is 4. The molecule has 186 valence electrons. The maximum atomic E-state index is 11.3. The minimum atomic E-state index is -3.51. The zero-order valence-electron chi connectivity index (χ0n) is 18.9. The molecule has 13 heteroatoms. The smallest absolute Gasteiger partial charge is 0.238 e. The van der Waals surface area contributed by atoms with Gasteiger partial charge in [-0.3, -0.25) is 4.72 Å². The third-order valence-electron chi connectivity index (χ3n) is 4.98. The molecule has 0 saturated heterocycles. The molecule has 0 radical (unpaired) electrons. The van der Waals surface area contributed by atoms with E-state index in [2.05, 4.69) is 20.8 Å². The number of hydrogen-bond donors (Lipinski definition) is 2. The Balaban J connectivity index is 1.54. The summed E-state index contributed by atoms with van der Waals surface area (Å²) in [6, 6.07) is 13.0. The lowest BCUT2D eigenvalue weighted by atomic mass is 10.2. The Bertz CT molecular complexity index is 1580. The fourth-order valence-electron chi connectivity index (χ4n) is 3.43. The van der Waals surface area contributed by atoms with Gasteiger partial charge in [0.25, 0.3) is 0 Å². The number of anilines is 2. The quantitative estimate of drug-likeness (QED) is 0.298. The summed E-state index contributed by atoms with van der Waals surface area (Å²) in [6.07, 6.45) is 4.26. The maximum Gasteiger partial charge on any atom is 0.238 e. The molecule has 3 N–H and O–H groups in total. The van der Waals surface area contributed by atoms with Gasteiger partial charge in [0.05, 0.1) is 33.8 Å². The largest absolute Gasteiger partial charge is 0.489 e. The fraction of sp³-hybridized carbons (Fsp3) is 0.174. The van der Waals surface area contributed by atoms with Gasteiger partial charge >= 0.3 is 0 Å². The predicted molar refractivity (Wildman–Crippen MR) is 138 cm³/mol. The molecular formula is C23H20Cl2N6O4S. The van der Waals surface area contributed by atoms with Crippen molar-refractivity contribution in [2.24, 2.45) is 0 Å². The SMILES string of the molecule is CS(=O)(=O)Nc1ncc(COc2ccc3c(ccn3-c3cc(Cl)c(OCCCl)c(C#N)c3)c2)c(N)n1. The second-order valence-electron chi connectivity index (χ2n) is 7.63. The van der Waals surface area contributed by atoms with Gasteiger partial charge in [-0.25, -0.2) is 13.4 Å². The van der Waals surface area contributed by atoms with Gasteiger partial charge in [0, 0.05) is 23.5 Å². The van der Waals surface area contributed by atoms with E-state index in [9.17, 15) is 13.7 Å². The van der Waals surface area contributed by atoms with Crippen molar-refractivity contribution in [1.82, 2.24) is 14.5 Å². The number of rotatable bonds is 9. The van der Waals surface area contributed by atoms with Crippen molar-refractivity contribution < 1.29 is 17.9 Å². The molecule has 36 heavy (non-hydrogen) atoms. The summed E-state index contributed by atoms with van der Waals surface area (Å²) in [5.74, 6) is 1.16. The van der Waals surface area contributed by atoms with E-state index in [0.29, 0.717) is 33.3 Å². The number of halogens is 2. The van der Waals surface area contributed by atoms with Crippen LogP contribution < -0.4 is 19.9 Å². The van der Waals surface area contributed by atoms with Gasteiger partial charge < -0.3 is 19.8 Å². The first kappa shape index (κ1) is 25.4. The first-order chi connectivity index (χ1) is 17.2. The van der Waals surface area contributed by atoms with Gasteiger partial charge in [-0.05, 0) is 36.4 Å². The zero-order valence-corrected chi connectivity index (χ0v) is 21.2. The normalized spacial score (nSPS) is 11.3. The molecule has 0 bridgehead atoms. The van der Waals surface area contributed by atoms with Gasteiger partial charge in [-0.2, -0.15) is 10.2 Å². The number of nitriles is 1. The van der Waals surface area contributed by atoms with Crippen LogP contribution in [0, 0.1) is 11.3 Å². The number of nitrogens with one attached hydrogen (secondary N) is 1. The Hall–Kier alpha value is -3.72. The molecule has 4 aromatic rings. The molecule has 0 fully saturated rings. The van der Waals surface area contributed by atoms with Crippen LogP contribution in [-0.4, -0.2) is 41.7 Å². The lowest BCUT2D eigenvalue weighted by Gasteiger charge is -2.13. The van der Waals surface area contributed by atoms with Crippen molar-refractivity contribution in [1.29, 1.82) is 5.26 Å². The monoisotopic (exact) mass is 546 g/mol. The van der Waals surface area contributed by atoms with Crippen LogP contribution in [0.1, 0.15) is 11.1 Å². The molecule has 0 spiro atoms. The van der Waals surface area contributed by atoms with Crippen molar-refractivity contribution in [2.75, 3.05) is 29.2 Å². The van der Waals surface area contributed by atoms with Gasteiger partial charge in [0.2, 0.25) is 16.0 Å². The van der Waals surface area contributed by atoms with Crippen LogP contribution in [0.2, 0.25) is 5.02 Å². The van der Waals surface area contributed by atoms with Crippen molar-refractivity contribution in [2.45, 2.75) is 6.61 Å². The third kappa shape index (κ3) is 5.73. The lowest BCUT2D eigenvalue weighted by molar-refractivity contribution is 0.306. The molecule has 2 aromatic carbocycles. The predicted octanol–water partition coefficient (Wildman–Crippen LogP) is 4.10. The highest BCUT2D eigenvalue weighted by Gasteiger charge is 2.14. The Morgan fingerprint density at radius 2 is 2.03 bits per heavy atom. The van der Waals surface area contributed by atoms with Crippen molar-refractivity contribution in [3.63, 3.8) is 0 Å². The van der Waals surface area contributed by atoms with Gasteiger partial charge in [-0.1, -0.05) is 11.6 Å². The second kappa shape index (κ2) is 10.5. The second-order valence-corrected chi connectivity index (χ2v) is 10.2. The summed E-state index contributed by atoms with van der Waals surface area (Å²) in [6.45, 7) is 0.325. The van der Waals surface area contributed by atoms with E-state index >= 15 is 0 Å². The summed E-state index contributed by atoms with van der Waals surface area (Å²) in [7, 11) is -3.51. The molecule has 2 heterocycles. The van der Waals surface area contributed by atoms with Crippen LogP contribution in [0.4, 0.5) is 11.8 Å². The molecule has 0 unspecified atom stereocenters. The maximum absolute atomic E-state index is 11.3. The van der Waals surface area contributed by atoms with Crippen molar-refractivity contribution >= 4 is 55.9 Å². The Morgan fingerprint density at radius 3 is 2.72 bits per heavy atom. The van der Waals surface area contributed by atoms with E-state index in [4.69, 9.17) is 38.4 Å². The molecular weight excluding hydrogens is 527 g/mol. The summed E-state index contributed by atoms with van der Waals surface area (Å²) in [5, 5.41) is 10.8. The number of sulfonamides is 1. The molecule has 4 rings (SSSR count). The summed E-state index contributed by atoms with van der Waals surface area (Å²) in [5.41, 5.74) is 8.30. The zero-order chi connectivity index (χ0) is 25.9. The van der Waals surface area contributed by atoms with Gasteiger partial charge in [0.15, 0.2) is 5.75 Å². The number of hydrogen-bond acceptors (Lipinski definition) is 8. The van der Waals surface area contributed by atoms with E-state index in [1.54, 1.807) is 18.2 Å². The number of fused-ring (bicyclic) bond motifs is 1. The summed E-state index contributed by atoms with van der Waals surface area (Å²) in [4.78, 5) is 7.90. The van der Waals surface area contributed by atoms with E-state index in [0.717, 1.165) is 17.2 Å². The Labute approximate surface area is 217 Å². The minimum absolute atomic E-state index is 0.0854. The number of benzene rings is 2. The van der Waals surface area contributed by atoms with Crippen molar-refractivity contribution in [3.8, 4) is 23.3 Å².